The van der Waals surface area contributed by atoms with Crippen molar-refractivity contribution in [2.75, 3.05) is 18.1 Å². The number of sulfone groups is 1. The number of nitrogens with zero attached hydrogens (tertiary/aromatic N) is 1. The Hall–Kier alpha value is -0.780. The lowest BCUT2D eigenvalue weighted by atomic mass is 10.3. The summed E-state index contributed by atoms with van der Waals surface area (Å²) in [6.45, 7) is 1.70. The predicted octanol–water partition coefficient (Wildman–Crippen LogP) is -0.217. The van der Waals surface area contributed by atoms with Gasteiger partial charge in [-0.1, -0.05) is 0 Å². The van der Waals surface area contributed by atoms with Gasteiger partial charge in [-0.05, 0) is 6.92 Å². The van der Waals surface area contributed by atoms with Crippen LogP contribution >= 0.6 is 0 Å². The van der Waals surface area contributed by atoms with Gasteiger partial charge >= 0.3 is 6.09 Å². The molecule has 1 aliphatic rings. The summed E-state index contributed by atoms with van der Waals surface area (Å²) in [5, 5.41) is 8.61. The molecule has 1 heterocycles. The van der Waals surface area contributed by atoms with E-state index in [0.29, 0.717) is 0 Å². The van der Waals surface area contributed by atoms with Crippen LogP contribution in [0.5, 0.6) is 0 Å². The van der Waals surface area contributed by atoms with E-state index in [2.05, 4.69) is 0 Å². The van der Waals surface area contributed by atoms with E-state index in [4.69, 9.17) is 5.11 Å². The summed E-state index contributed by atoms with van der Waals surface area (Å²) in [5.41, 5.74) is 0. The fourth-order valence-electron chi connectivity index (χ4n) is 1.28. The van der Waals surface area contributed by atoms with Crippen LogP contribution in [0.1, 0.15) is 6.92 Å². The molecule has 1 saturated heterocycles. The summed E-state index contributed by atoms with van der Waals surface area (Å²) in [7, 11) is -3.00. The van der Waals surface area contributed by atoms with Crippen LogP contribution < -0.4 is 0 Å². The molecular formula is C6H11NO4S. The lowest BCUT2D eigenvalue weighted by Crippen LogP contribution is -2.49. The molecule has 1 N–H and O–H groups in total. The molecule has 6 heteroatoms. The molecule has 0 spiro atoms. The van der Waals surface area contributed by atoms with E-state index >= 15 is 0 Å². The molecule has 0 aromatic heterocycles. The number of amides is 1. The summed E-state index contributed by atoms with van der Waals surface area (Å²) < 4.78 is 22.0. The van der Waals surface area contributed by atoms with Crippen molar-refractivity contribution < 1.29 is 18.3 Å². The first-order valence-corrected chi connectivity index (χ1v) is 5.44. The van der Waals surface area contributed by atoms with E-state index in [1.165, 1.54) is 0 Å². The van der Waals surface area contributed by atoms with Gasteiger partial charge in [0.05, 0.1) is 11.5 Å². The Morgan fingerprint density at radius 3 is 2.58 bits per heavy atom. The first-order valence-electron chi connectivity index (χ1n) is 3.62. The molecule has 1 aliphatic heterocycles. The Labute approximate surface area is 70.9 Å². The summed E-state index contributed by atoms with van der Waals surface area (Å²) in [4.78, 5) is 11.7. The molecule has 1 amide bonds. The molecule has 1 atom stereocenters. The highest BCUT2D eigenvalue weighted by molar-refractivity contribution is 7.91. The Morgan fingerprint density at radius 1 is 1.58 bits per heavy atom. The van der Waals surface area contributed by atoms with Crippen molar-refractivity contribution in [2.24, 2.45) is 0 Å². The van der Waals surface area contributed by atoms with Gasteiger partial charge in [0.1, 0.15) is 0 Å². The zero-order chi connectivity index (χ0) is 9.35. The van der Waals surface area contributed by atoms with Crippen molar-refractivity contribution in [1.82, 2.24) is 4.90 Å². The van der Waals surface area contributed by atoms with Crippen molar-refractivity contribution in [3.63, 3.8) is 0 Å². The lowest BCUT2D eigenvalue weighted by molar-refractivity contribution is 0.133. The molecule has 70 valence electrons. The molecule has 1 rings (SSSR count). The fourth-order valence-corrected chi connectivity index (χ4v) is 2.84. The quantitative estimate of drug-likeness (QED) is 0.577. The van der Waals surface area contributed by atoms with Crippen LogP contribution in [0.2, 0.25) is 0 Å². The van der Waals surface area contributed by atoms with Crippen LogP contribution in [0.15, 0.2) is 0 Å². The lowest BCUT2D eigenvalue weighted by Gasteiger charge is -2.30. The molecule has 0 radical (unpaired) electrons. The highest BCUT2D eigenvalue weighted by Gasteiger charge is 2.30. The minimum Gasteiger partial charge on any atom is -0.465 e. The van der Waals surface area contributed by atoms with Gasteiger partial charge in [0.25, 0.3) is 0 Å². The third kappa shape index (κ3) is 1.88. The maximum Gasteiger partial charge on any atom is 0.407 e. The van der Waals surface area contributed by atoms with Crippen molar-refractivity contribution in [3.8, 4) is 0 Å². The zero-order valence-corrected chi connectivity index (χ0v) is 7.54. The highest BCUT2D eigenvalue weighted by Crippen LogP contribution is 2.10. The third-order valence-corrected chi connectivity index (χ3v) is 3.71. The normalized spacial score (nSPS) is 28.4. The van der Waals surface area contributed by atoms with Gasteiger partial charge in [-0.15, -0.1) is 0 Å². The molecule has 0 bridgehead atoms. The van der Waals surface area contributed by atoms with Gasteiger partial charge in [0.15, 0.2) is 9.84 Å². The topological polar surface area (TPSA) is 74.7 Å². The maximum absolute atomic E-state index is 11.0. The molecule has 0 aliphatic carbocycles. The summed E-state index contributed by atoms with van der Waals surface area (Å²) in [5.74, 6) is -0.108. The van der Waals surface area contributed by atoms with E-state index in [1.807, 2.05) is 0 Å². The van der Waals surface area contributed by atoms with Gasteiger partial charge in [0.2, 0.25) is 0 Å². The SMILES string of the molecule is CC1CS(=O)(=O)CCN1C(=O)O. The average molecular weight is 193 g/mol. The van der Waals surface area contributed by atoms with Gasteiger partial charge in [-0.25, -0.2) is 13.2 Å². The number of carboxylic acid groups (broad SMARTS) is 1. The second kappa shape index (κ2) is 2.93. The van der Waals surface area contributed by atoms with Crippen molar-refractivity contribution in [2.45, 2.75) is 13.0 Å². The van der Waals surface area contributed by atoms with Crippen LogP contribution in [0.25, 0.3) is 0 Å². The van der Waals surface area contributed by atoms with E-state index in [0.717, 1.165) is 4.90 Å². The first kappa shape index (κ1) is 9.31. The van der Waals surface area contributed by atoms with Gasteiger partial charge in [-0.2, -0.15) is 0 Å². The molecule has 0 saturated carbocycles. The Morgan fingerprint density at radius 2 is 2.17 bits per heavy atom. The van der Waals surface area contributed by atoms with Crippen LogP contribution in [0.4, 0.5) is 4.79 Å². The summed E-state index contributed by atoms with van der Waals surface area (Å²) in [6, 6.07) is -0.416. The fraction of sp³-hybridized carbons (Fsp3) is 0.833. The molecule has 1 unspecified atom stereocenters. The van der Waals surface area contributed by atoms with Crippen LogP contribution in [-0.2, 0) is 9.84 Å². The number of carbonyl (C=O) groups is 1. The number of rotatable bonds is 0. The van der Waals surface area contributed by atoms with Gasteiger partial charge in [-0.3, -0.25) is 0 Å². The number of hydrogen-bond acceptors (Lipinski definition) is 3. The Bertz CT molecular complexity index is 284. The third-order valence-electron chi connectivity index (χ3n) is 1.92. The van der Waals surface area contributed by atoms with Crippen LogP contribution in [0, 0.1) is 0 Å². The Kier molecular flexibility index (Phi) is 2.27. The summed E-state index contributed by atoms with van der Waals surface area (Å²) in [6.07, 6.45) is -1.04. The molecule has 5 nitrogen and oxygen atoms in total. The second-order valence-corrected chi connectivity index (χ2v) is 5.17. The van der Waals surface area contributed by atoms with E-state index in [1.54, 1.807) is 6.92 Å². The van der Waals surface area contributed by atoms with Crippen LogP contribution in [-0.4, -0.2) is 48.6 Å². The van der Waals surface area contributed by atoms with Crippen LogP contribution in [0.3, 0.4) is 0 Å². The van der Waals surface area contributed by atoms with E-state index < -0.39 is 22.0 Å². The van der Waals surface area contributed by atoms with E-state index in [9.17, 15) is 13.2 Å². The predicted molar refractivity (Wildman–Crippen MR) is 42.8 cm³/mol. The van der Waals surface area contributed by atoms with Crippen molar-refractivity contribution in [1.29, 1.82) is 0 Å². The maximum atomic E-state index is 11.0. The summed E-state index contributed by atoms with van der Waals surface area (Å²) >= 11 is 0. The minimum atomic E-state index is -3.00. The largest absolute Gasteiger partial charge is 0.465 e. The highest BCUT2D eigenvalue weighted by atomic mass is 32.2. The zero-order valence-electron chi connectivity index (χ0n) is 6.73. The van der Waals surface area contributed by atoms with Crippen molar-refractivity contribution in [3.05, 3.63) is 0 Å². The minimum absolute atomic E-state index is 0.0519. The monoisotopic (exact) mass is 193 g/mol. The second-order valence-electron chi connectivity index (χ2n) is 2.94. The van der Waals surface area contributed by atoms with Gasteiger partial charge in [0, 0.05) is 12.6 Å². The average Bonchev–Trinajstić information content (AvgIpc) is 1.83. The molecular weight excluding hydrogens is 182 g/mol. The molecule has 1 fully saturated rings. The molecule has 12 heavy (non-hydrogen) atoms. The Balaban J connectivity index is 2.72. The van der Waals surface area contributed by atoms with E-state index in [-0.39, 0.29) is 18.1 Å². The first-order chi connectivity index (χ1) is 5.42. The van der Waals surface area contributed by atoms with Gasteiger partial charge < -0.3 is 10.0 Å². The molecule has 0 aromatic rings. The molecule has 0 aromatic carbocycles. The standard InChI is InChI=1S/C6H11NO4S/c1-5-4-12(10,11)3-2-7(5)6(8)9/h5H,2-4H2,1H3,(H,8,9). The number of hydrogen-bond donors (Lipinski definition) is 1. The van der Waals surface area contributed by atoms with Crippen molar-refractivity contribution >= 4 is 15.9 Å². The smallest absolute Gasteiger partial charge is 0.407 e.